The van der Waals surface area contributed by atoms with Crippen molar-refractivity contribution in [2.24, 2.45) is 11.3 Å². The van der Waals surface area contributed by atoms with Crippen molar-refractivity contribution in [1.82, 2.24) is 9.80 Å². The Morgan fingerprint density at radius 1 is 1.29 bits per heavy atom. The molecule has 24 heavy (non-hydrogen) atoms. The van der Waals surface area contributed by atoms with Crippen LogP contribution in [0.2, 0.25) is 0 Å². The Morgan fingerprint density at radius 2 is 2.04 bits per heavy atom. The van der Waals surface area contributed by atoms with E-state index in [4.69, 9.17) is 0 Å². The zero-order valence-corrected chi connectivity index (χ0v) is 14.6. The molecule has 0 bridgehead atoms. The number of hydrogen-bond donors (Lipinski definition) is 1. The highest BCUT2D eigenvalue weighted by Gasteiger charge is 2.49. The summed E-state index contributed by atoms with van der Waals surface area (Å²) >= 11 is 1.69. The molecular weight excluding hydrogens is 324 g/mol. The molecule has 130 valence electrons. The predicted octanol–water partition coefficient (Wildman–Crippen LogP) is 2.43. The lowest BCUT2D eigenvalue weighted by Gasteiger charge is -2.39. The molecule has 3 heterocycles. The van der Waals surface area contributed by atoms with Gasteiger partial charge in [0.1, 0.15) is 6.04 Å². The number of nitrogens with zero attached hydrogens (tertiary/aromatic N) is 2. The molecule has 2 saturated heterocycles. The number of carbonyl (C=O) groups excluding carboxylic acids is 1. The van der Waals surface area contributed by atoms with Gasteiger partial charge in [-0.1, -0.05) is 6.07 Å². The highest BCUT2D eigenvalue weighted by Crippen LogP contribution is 2.45. The van der Waals surface area contributed by atoms with Crippen LogP contribution in [-0.4, -0.2) is 52.5 Å². The summed E-state index contributed by atoms with van der Waals surface area (Å²) in [4.78, 5) is 29.3. The second-order valence-electron chi connectivity index (χ2n) is 7.64. The number of carboxylic acids is 1. The fourth-order valence-corrected chi connectivity index (χ4v) is 5.04. The normalized spacial score (nSPS) is 26.8. The van der Waals surface area contributed by atoms with Crippen LogP contribution in [0.5, 0.6) is 0 Å². The molecule has 1 aliphatic carbocycles. The van der Waals surface area contributed by atoms with Gasteiger partial charge in [-0.3, -0.25) is 14.5 Å². The quantitative estimate of drug-likeness (QED) is 0.908. The third kappa shape index (κ3) is 3.09. The van der Waals surface area contributed by atoms with Gasteiger partial charge in [-0.2, -0.15) is 0 Å². The van der Waals surface area contributed by atoms with Crippen molar-refractivity contribution in [3.63, 3.8) is 0 Å². The molecule has 1 spiro atoms. The molecule has 0 unspecified atom stereocenters. The monoisotopic (exact) mass is 348 g/mol. The van der Waals surface area contributed by atoms with Crippen LogP contribution in [0.3, 0.4) is 0 Å². The molecule has 3 fully saturated rings. The van der Waals surface area contributed by atoms with Crippen molar-refractivity contribution < 1.29 is 14.7 Å². The Hall–Kier alpha value is -1.40. The van der Waals surface area contributed by atoms with Crippen LogP contribution in [-0.2, 0) is 16.1 Å². The molecule has 1 saturated carbocycles. The number of thiophene rings is 1. The van der Waals surface area contributed by atoms with Crippen molar-refractivity contribution in [2.75, 3.05) is 19.6 Å². The summed E-state index contributed by atoms with van der Waals surface area (Å²) in [5, 5.41) is 11.7. The summed E-state index contributed by atoms with van der Waals surface area (Å²) in [5.41, 5.74) is 0.0701. The number of rotatable bonds is 4. The average Bonchev–Trinajstić information content (AvgIpc) is 3.19. The van der Waals surface area contributed by atoms with Gasteiger partial charge in [0.15, 0.2) is 0 Å². The second kappa shape index (κ2) is 6.15. The Balaban J connectivity index is 1.42. The lowest BCUT2D eigenvalue weighted by atomic mass is 9.76. The fraction of sp³-hybridized carbons (Fsp3) is 0.667. The highest BCUT2D eigenvalue weighted by atomic mass is 32.1. The van der Waals surface area contributed by atoms with Crippen LogP contribution >= 0.6 is 11.3 Å². The average molecular weight is 348 g/mol. The summed E-state index contributed by atoms with van der Waals surface area (Å²) in [5.74, 6) is -0.0993. The Kier molecular flexibility index (Phi) is 4.12. The van der Waals surface area contributed by atoms with E-state index in [-0.39, 0.29) is 11.3 Å². The smallest absolute Gasteiger partial charge is 0.320 e. The topological polar surface area (TPSA) is 60.9 Å². The van der Waals surface area contributed by atoms with E-state index in [9.17, 15) is 14.7 Å². The maximum absolute atomic E-state index is 12.2. The van der Waals surface area contributed by atoms with E-state index in [1.165, 1.54) is 4.88 Å². The molecule has 2 aliphatic heterocycles. The SMILES string of the molecule is O=C(O)[C@H]1CC2(CCN(C(=O)C3CC3)CC2)CN1Cc1cccs1. The van der Waals surface area contributed by atoms with Crippen LogP contribution in [0.4, 0.5) is 0 Å². The molecular formula is C18H24N2O3S. The van der Waals surface area contributed by atoms with E-state index in [1.54, 1.807) is 11.3 Å². The van der Waals surface area contributed by atoms with Gasteiger partial charge in [-0.15, -0.1) is 11.3 Å². The van der Waals surface area contributed by atoms with Crippen molar-refractivity contribution >= 4 is 23.2 Å². The standard InChI is InChI=1S/C18H24N2O3S/c21-16(13-3-4-13)19-7-5-18(6-8-19)10-15(17(22)23)20(12-18)11-14-2-1-9-24-14/h1-2,9,13,15H,3-8,10-12H2,(H,22,23)/t15-/m1/s1. The van der Waals surface area contributed by atoms with Gasteiger partial charge in [0, 0.05) is 37.0 Å². The van der Waals surface area contributed by atoms with Gasteiger partial charge in [0.25, 0.3) is 0 Å². The molecule has 6 heteroatoms. The first kappa shape index (κ1) is 16.1. The Bertz CT molecular complexity index is 618. The largest absolute Gasteiger partial charge is 0.480 e. The van der Waals surface area contributed by atoms with Gasteiger partial charge >= 0.3 is 5.97 Å². The van der Waals surface area contributed by atoms with Crippen LogP contribution in [0.25, 0.3) is 0 Å². The first-order chi connectivity index (χ1) is 11.6. The minimum absolute atomic E-state index is 0.0701. The summed E-state index contributed by atoms with van der Waals surface area (Å²) < 4.78 is 0. The zero-order valence-electron chi connectivity index (χ0n) is 13.8. The van der Waals surface area contributed by atoms with Gasteiger partial charge in [-0.05, 0) is 49.0 Å². The number of likely N-dealkylation sites (tertiary alicyclic amines) is 2. The molecule has 1 aromatic heterocycles. The number of hydrogen-bond acceptors (Lipinski definition) is 4. The van der Waals surface area contributed by atoms with Crippen molar-refractivity contribution in [3.8, 4) is 0 Å². The molecule has 5 nitrogen and oxygen atoms in total. The van der Waals surface area contributed by atoms with E-state index >= 15 is 0 Å². The van der Waals surface area contributed by atoms with E-state index in [0.717, 1.165) is 58.3 Å². The number of carboxylic acid groups (broad SMARTS) is 1. The Labute approximate surface area is 146 Å². The predicted molar refractivity (Wildman–Crippen MR) is 91.7 cm³/mol. The van der Waals surface area contributed by atoms with E-state index < -0.39 is 12.0 Å². The third-order valence-electron chi connectivity index (χ3n) is 5.89. The molecule has 0 radical (unpaired) electrons. The maximum atomic E-state index is 12.2. The van der Waals surface area contributed by atoms with Crippen LogP contribution in [0.15, 0.2) is 17.5 Å². The Morgan fingerprint density at radius 3 is 2.62 bits per heavy atom. The number of piperidine rings is 1. The summed E-state index contributed by atoms with van der Waals surface area (Å²) in [6.07, 6.45) is 4.71. The van der Waals surface area contributed by atoms with E-state index in [0.29, 0.717) is 5.91 Å². The van der Waals surface area contributed by atoms with Gasteiger partial charge in [0.2, 0.25) is 5.91 Å². The molecule has 4 rings (SSSR count). The molecule has 1 amide bonds. The summed E-state index contributed by atoms with van der Waals surface area (Å²) in [6.45, 7) is 3.16. The maximum Gasteiger partial charge on any atom is 0.320 e. The van der Waals surface area contributed by atoms with Crippen LogP contribution in [0, 0.1) is 11.3 Å². The van der Waals surface area contributed by atoms with E-state index in [2.05, 4.69) is 11.0 Å². The molecule has 1 N–H and O–H groups in total. The van der Waals surface area contributed by atoms with Crippen LogP contribution in [0.1, 0.15) is 37.0 Å². The van der Waals surface area contributed by atoms with Crippen LogP contribution < -0.4 is 0 Å². The molecule has 1 aromatic rings. The summed E-state index contributed by atoms with van der Waals surface area (Å²) in [6, 6.07) is 3.70. The summed E-state index contributed by atoms with van der Waals surface area (Å²) in [7, 11) is 0. The fourth-order valence-electron chi connectivity index (χ4n) is 4.31. The number of carbonyl (C=O) groups is 2. The lowest BCUT2D eigenvalue weighted by molar-refractivity contribution is -0.142. The minimum Gasteiger partial charge on any atom is -0.480 e. The zero-order chi connectivity index (χ0) is 16.7. The van der Waals surface area contributed by atoms with Crippen molar-refractivity contribution in [3.05, 3.63) is 22.4 Å². The number of amides is 1. The van der Waals surface area contributed by atoms with E-state index in [1.807, 2.05) is 16.3 Å². The molecule has 3 aliphatic rings. The third-order valence-corrected chi connectivity index (χ3v) is 6.75. The highest BCUT2D eigenvalue weighted by molar-refractivity contribution is 7.09. The second-order valence-corrected chi connectivity index (χ2v) is 8.67. The molecule has 0 aromatic carbocycles. The van der Waals surface area contributed by atoms with Gasteiger partial charge in [0.05, 0.1) is 0 Å². The first-order valence-corrected chi connectivity index (χ1v) is 9.72. The van der Waals surface area contributed by atoms with Crippen molar-refractivity contribution in [2.45, 2.75) is 44.7 Å². The lowest BCUT2D eigenvalue weighted by Crippen LogP contribution is -2.44. The number of aliphatic carboxylic acids is 1. The van der Waals surface area contributed by atoms with Crippen molar-refractivity contribution in [1.29, 1.82) is 0 Å². The van der Waals surface area contributed by atoms with Gasteiger partial charge in [-0.25, -0.2) is 0 Å². The molecule has 1 atom stereocenters. The van der Waals surface area contributed by atoms with Gasteiger partial charge < -0.3 is 10.0 Å². The first-order valence-electron chi connectivity index (χ1n) is 8.84. The minimum atomic E-state index is -0.708.